The van der Waals surface area contributed by atoms with Crippen molar-refractivity contribution in [1.82, 2.24) is 0 Å². The second kappa shape index (κ2) is 5.15. The van der Waals surface area contributed by atoms with Gasteiger partial charge in [0.1, 0.15) is 12.0 Å². The summed E-state index contributed by atoms with van der Waals surface area (Å²) in [5, 5.41) is 0. The van der Waals surface area contributed by atoms with Crippen LogP contribution in [0.3, 0.4) is 0 Å². The lowest BCUT2D eigenvalue weighted by molar-refractivity contribution is -0.110. The van der Waals surface area contributed by atoms with Crippen LogP contribution in [-0.4, -0.2) is 13.4 Å². The highest BCUT2D eigenvalue weighted by molar-refractivity contribution is 5.63. The smallest absolute Gasteiger partial charge is 0.127 e. The van der Waals surface area contributed by atoms with E-state index in [2.05, 4.69) is 0 Å². The molecule has 16 heavy (non-hydrogen) atoms. The van der Waals surface area contributed by atoms with Crippen LogP contribution in [0.15, 0.2) is 24.3 Å². The van der Waals surface area contributed by atoms with Crippen LogP contribution < -0.4 is 4.74 Å². The third-order valence-corrected chi connectivity index (χ3v) is 3.53. The van der Waals surface area contributed by atoms with Crippen molar-refractivity contribution in [3.63, 3.8) is 0 Å². The predicted molar refractivity (Wildman–Crippen MR) is 63.8 cm³/mol. The average molecular weight is 218 g/mol. The number of rotatable bonds is 4. The van der Waals surface area contributed by atoms with Gasteiger partial charge in [-0.05, 0) is 36.5 Å². The maximum Gasteiger partial charge on any atom is 0.127 e. The number of hydrogen-bond acceptors (Lipinski definition) is 2. The van der Waals surface area contributed by atoms with E-state index in [1.54, 1.807) is 7.11 Å². The first-order chi connectivity index (χ1) is 7.85. The second-order valence-electron chi connectivity index (χ2n) is 4.48. The van der Waals surface area contributed by atoms with Gasteiger partial charge in [-0.2, -0.15) is 0 Å². The summed E-state index contributed by atoms with van der Waals surface area (Å²) in [7, 11) is 1.66. The molecule has 1 aromatic rings. The summed E-state index contributed by atoms with van der Waals surface area (Å²) in [6.07, 6.45) is 5.99. The van der Waals surface area contributed by atoms with Crippen molar-refractivity contribution in [2.24, 2.45) is 5.92 Å². The molecule has 0 N–H and O–H groups in total. The first-order valence-corrected chi connectivity index (χ1v) is 5.94. The lowest BCUT2D eigenvalue weighted by Crippen LogP contribution is -2.11. The van der Waals surface area contributed by atoms with E-state index in [4.69, 9.17) is 4.74 Å². The molecule has 0 heterocycles. The third kappa shape index (κ3) is 2.26. The van der Waals surface area contributed by atoms with Crippen LogP contribution in [0.5, 0.6) is 5.75 Å². The molecule has 1 aromatic carbocycles. The summed E-state index contributed by atoms with van der Waals surface area (Å²) in [5.74, 6) is 1.42. The van der Waals surface area contributed by atoms with Gasteiger partial charge < -0.3 is 9.53 Å². The topological polar surface area (TPSA) is 26.3 Å². The first kappa shape index (κ1) is 11.2. The number of ether oxygens (including phenoxy) is 1. The largest absolute Gasteiger partial charge is 0.497 e. The van der Waals surface area contributed by atoms with Gasteiger partial charge in [-0.1, -0.05) is 25.0 Å². The Morgan fingerprint density at radius 3 is 2.75 bits per heavy atom. The molecule has 0 spiro atoms. The van der Waals surface area contributed by atoms with Crippen LogP contribution in [0, 0.1) is 5.92 Å². The Balaban J connectivity index is 2.21. The van der Waals surface area contributed by atoms with Gasteiger partial charge in [-0.3, -0.25) is 0 Å². The van der Waals surface area contributed by atoms with Crippen LogP contribution in [0.25, 0.3) is 0 Å². The van der Waals surface area contributed by atoms with Crippen molar-refractivity contribution in [2.45, 2.75) is 31.6 Å². The number of methoxy groups -OCH3 is 1. The summed E-state index contributed by atoms with van der Waals surface area (Å²) in [4.78, 5) is 11.3. The van der Waals surface area contributed by atoms with Crippen LogP contribution in [0.2, 0.25) is 0 Å². The van der Waals surface area contributed by atoms with Gasteiger partial charge in [0.15, 0.2) is 0 Å². The highest BCUT2D eigenvalue weighted by Gasteiger charge is 2.26. The fourth-order valence-electron chi connectivity index (χ4n) is 2.63. The van der Waals surface area contributed by atoms with Gasteiger partial charge in [0.25, 0.3) is 0 Å². The molecular weight excluding hydrogens is 200 g/mol. The van der Waals surface area contributed by atoms with E-state index in [9.17, 15) is 4.79 Å². The molecule has 0 saturated heterocycles. The second-order valence-corrected chi connectivity index (χ2v) is 4.48. The zero-order chi connectivity index (χ0) is 11.4. The van der Waals surface area contributed by atoms with Gasteiger partial charge in [0.05, 0.1) is 7.11 Å². The Hall–Kier alpha value is -1.31. The Morgan fingerprint density at radius 1 is 1.38 bits per heavy atom. The minimum Gasteiger partial charge on any atom is -0.497 e. The van der Waals surface area contributed by atoms with E-state index >= 15 is 0 Å². The maximum absolute atomic E-state index is 11.3. The van der Waals surface area contributed by atoms with Gasteiger partial charge in [-0.15, -0.1) is 0 Å². The molecule has 0 aliphatic heterocycles. The zero-order valence-electron chi connectivity index (χ0n) is 9.69. The highest BCUT2D eigenvalue weighted by atomic mass is 16.5. The third-order valence-electron chi connectivity index (χ3n) is 3.53. The molecule has 0 bridgehead atoms. The summed E-state index contributed by atoms with van der Waals surface area (Å²) >= 11 is 0. The SMILES string of the molecule is COc1cccc(C(C=O)C2CCCC2)c1. The van der Waals surface area contributed by atoms with Crippen LogP contribution >= 0.6 is 0 Å². The Labute approximate surface area is 96.6 Å². The van der Waals surface area contributed by atoms with Crippen molar-refractivity contribution in [2.75, 3.05) is 7.11 Å². The average Bonchev–Trinajstić information content (AvgIpc) is 2.84. The minimum atomic E-state index is 0.0533. The summed E-state index contributed by atoms with van der Waals surface area (Å²) in [5.41, 5.74) is 1.10. The number of carbonyl (C=O) groups is 1. The van der Waals surface area contributed by atoms with E-state index in [1.807, 2.05) is 24.3 Å². The van der Waals surface area contributed by atoms with E-state index in [0.29, 0.717) is 5.92 Å². The molecule has 0 amide bonds. The molecule has 1 atom stereocenters. The molecule has 1 saturated carbocycles. The number of hydrogen-bond donors (Lipinski definition) is 0. The standard InChI is InChI=1S/C14H18O2/c1-16-13-8-4-7-12(9-13)14(10-15)11-5-2-3-6-11/h4,7-11,14H,2-3,5-6H2,1H3. The number of aldehydes is 1. The molecule has 1 aliphatic rings. The lowest BCUT2D eigenvalue weighted by atomic mass is 9.86. The van der Waals surface area contributed by atoms with Gasteiger partial charge >= 0.3 is 0 Å². The monoisotopic (exact) mass is 218 g/mol. The highest BCUT2D eigenvalue weighted by Crippen LogP contribution is 2.36. The quantitative estimate of drug-likeness (QED) is 0.725. The van der Waals surface area contributed by atoms with Gasteiger partial charge in [-0.25, -0.2) is 0 Å². The molecule has 1 unspecified atom stereocenters. The van der Waals surface area contributed by atoms with Crippen molar-refractivity contribution >= 4 is 6.29 Å². The molecule has 2 heteroatoms. The summed E-state index contributed by atoms with van der Waals surface area (Å²) in [6, 6.07) is 7.89. The van der Waals surface area contributed by atoms with E-state index in [-0.39, 0.29) is 5.92 Å². The first-order valence-electron chi connectivity index (χ1n) is 5.94. The zero-order valence-corrected chi connectivity index (χ0v) is 9.69. The van der Waals surface area contributed by atoms with Crippen molar-refractivity contribution in [3.8, 4) is 5.75 Å². The minimum absolute atomic E-state index is 0.0533. The fourth-order valence-corrected chi connectivity index (χ4v) is 2.63. The van der Waals surface area contributed by atoms with Crippen molar-refractivity contribution < 1.29 is 9.53 Å². The van der Waals surface area contributed by atoms with E-state index in [0.717, 1.165) is 17.6 Å². The van der Waals surface area contributed by atoms with Crippen LogP contribution in [0.1, 0.15) is 37.2 Å². The number of benzene rings is 1. The Bertz CT molecular complexity index is 354. The summed E-state index contributed by atoms with van der Waals surface area (Å²) < 4.78 is 5.20. The van der Waals surface area contributed by atoms with E-state index in [1.165, 1.54) is 25.7 Å². The molecule has 2 rings (SSSR count). The maximum atomic E-state index is 11.3. The van der Waals surface area contributed by atoms with Crippen molar-refractivity contribution in [1.29, 1.82) is 0 Å². The van der Waals surface area contributed by atoms with Gasteiger partial charge in [0.2, 0.25) is 0 Å². The molecule has 1 fully saturated rings. The Kier molecular flexibility index (Phi) is 3.60. The van der Waals surface area contributed by atoms with Crippen molar-refractivity contribution in [3.05, 3.63) is 29.8 Å². The molecular formula is C14H18O2. The van der Waals surface area contributed by atoms with Crippen LogP contribution in [0.4, 0.5) is 0 Å². The van der Waals surface area contributed by atoms with Gasteiger partial charge in [0, 0.05) is 5.92 Å². The van der Waals surface area contributed by atoms with E-state index < -0.39 is 0 Å². The molecule has 2 nitrogen and oxygen atoms in total. The molecule has 1 aliphatic carbocycles. The normalized spacial score (nSPS) is 18.3. The molecule has 0 aromatic heterocycles. The summed E-state index contributed by atoms with van der Waals surface area (Å²) in [6.45, 7) is 0. The number of carbonyl (C=O) groups excluding carboxylic acids is 1. The Morgan fingerprint density at radius 2 is 2.12 bits per heavy atom. The molecule has 0 radical (unpaired) electrons. The van der Waals surface area contributed by atoms with Crippen LogP contribution in [-0.2, 0) is 4.79 Å². The predicted octanol–water partition coefficient (Wildman–Crippen LogP) is 3.17. The molecule has 86 valence electrons. The lowest BCUT2D eigenvalue weighted by Gasteiger charge is -2.18. The fraction of sp³-hybridized carbons (Fsp3) is 0.500.